The molecule has 0 aliphatic heterocycles. The summed E-state index contributed by atoms with van der Waals surface area (Å²) in [5.41, 5.74) is 0. The fraction of sp³-hybridized carbons (Fsp3) is 0.273. The van der Waals surface area contributed by atoms with E-state index in [2.05, 4.69) is 20.6 Å². The first-order valence-corrected chi connectivity index (χ1v) is 9.70. The summed E-state index contributed by atoms with van der Waals surface area (Å²) >= 11 is 0. The van der Waals surface area contributed by atoms with Crippen LogP contribution in [-0.4, -0.2) is 58.7 Å². The molecule has 0 radical (unpaired) electrons. The highest BCUT2D eigenvalue weighted by Gasteiger charge is 2.08. The van der Waals surface area contributed by atoms with Gasteiger partial charge >= 0.3 is 0 Å². The fourth-order valence-electron chi connectivity index (χ4n) is 2.51. The van der Waals surface area contributed by atoms with Gasteiger partial charge in [0.15, 0.2) is 0 Å². The second-order valence-corrected chi connectivity index (χ2v) is 6.59. The number of pyridine rings is 2. The number of ether oxygens (including phenoxy) is 2. The van der Waals surface area contributed by atoms with Crippen molar-refractivity contribution in [3.63, 3.8) is 0 Å². The van der Waals surface area contributed by atoms with Crippen LogP contribution < -0.4 is 20.1 Å². The molecule has 2 unspecified atom stereocenters. The van der Waals surface area contributed by atoms with Crippen molar-refractivity contribution < 1.29 is 19.7 Å². The summed E-state index contributed by atoms with van der Waals surface area (Å²) in [5.74, 6) is 2.65. The van der Waals surface area contributed by atoms with Gasteiger partial charge in [-0.25, -0.2) is 9.97 Å². The molecule has 2 heterocycles. The van der Waals surface area contributed by atoms with Gasteiger partial charge in [0.1, 0.15) is 48.6 Å². The molecule has 4 N–H and O–H groups in total. The summed E-state index contributed by atoms with van der Waals surface area (Å²) in [5, 5.41) is 26.1. The molecule has 0 amide bonds. The van der Waals surface area contributed by atoms with Gasteiger partial charge in [-0.05, 0) is 48.5 Å². The van der Waals surface area contributed by atoms with Gasteiger partial charge in [-0.1, -0.05) is 12.1 Å². The molecule has 8 heteroatoms. The van der Waals surface area contributed by atoms with Gasteiger partial charge in [0.25, 0.3) is 0 Å². The number of nitrogens with zero attached hydrogens (tertiary/aromatic N) is 2. The number of benzene rings is 1. The van der Waals surface area contributed by atoms with Crippen molar-refractivity contribution in [1.29, 1.82) is 0 Å². The molecular weight excluding hydrogens is 384 g/mol. The molecule has 0 aliphatic carbocycles. The van der Waals surface area contributed by atoms with E-state index < -0.39 is 12.2 Å². The van der Waals surface area contributed by atoms with Crippen molar-refractivity contribution in [1.82, 2.24) is 9.97 Å². The number of aliphatic hydroxyl groups excluding tert-OH is 2. The first kappa shape index (κ1) is 21.4. The maximum atomic E-state index is 10.0. The molecule has 0 bridgehead atoms. The van der Waals surface area contributed by atoms with Crippen LogP contribution in [0.15, 0.2) is 73.1 Å². The Bertz CT molecular complexity index is 778. The van der Waals surface area contributed by atoms with Gasteiger partial charge in [-0.15, -0.1) is 0 Å². The molecule has 1 aromatic carbocycles. The zero-order valence-electron chi connectivity index (χ0n) is 16.5. The Balaban J connectivity index is 1.33. The molecule has 0 saturated carbocycles. The van der Waals surface area contributed by atoms with Crippen LogP contribution in [0.4, 0.5) is 11.6 Å². The summed E-state index contributed by atoms with van der Waals surface area (Å²) in [4.78, 5) is 8.27. The van der Waals surface area contributed by atoms with Crippen LogP contribution in [-0.2, 0) is 0 Å². The first-order valence-electron chi connectivity index (χ1n) is 9.70. The lowest BCUT2D eigenvalue weighted by molar-refractivity contribution is 0.115. The molecule has 158 valence electrons. The Kier molecular flexibility index (Phi) is 8.25. The van der Waals surface area contributed by atoms with Crippen molar-refractivity contribution in [2.24, 2.45) is 0 Å². The number of nitrogens with one attached hydrogen (secondary N) is 2. The third kappa shape index (κ3) is 7.57. The minimum Gasteiger partial charge on any atom is -0.491 e. The van der Waals surface area contributed by atoms with E-state index in [1.54, 1.807) is 36.7 Å². The van der Waals surface area contributed by atoms with Gasteiger partial charge in [0, 0.05) is 25.5 Å². The zero-order chi connectivity index (χ0) is 21.0. The minimum absolute atomic E-state index is 0.151. The standard InChI is InChI=1S/C22H26N4O4/c27-17(13-25-21-5-1-3-11-23-21)15-29-19-7-9-20(10-8-19)30-16-18(28)14-26-22-6-2-4-12-24-22/h1-12,17-18,27-28H,13-16H2,(H,23,25)(H,24,26). The smallest absolute Gasteiger partial charge is 0.125 e. The number of anilines is 2. The molecule has 8 nitrogen and oxygen atoms in total. The second-order valence-electron chi connectivity index (χ2n) is 6.59. The predicted octanol–water partition coefficient (Wildman–Crippen LogP) is 2.18. The quantitative estimate of drug-likeness (QED) is 0.360. The Labute approximate surface area is 175 Å². The van der Waals surface area contributed by atoms with E-state index in [0.29, 0.717) is 36.2 Å². The Morgan fingerprint density at radius 2 is 1.10 bits per heavy atom. The normalized spacial score (nSPS) is 12.6. The Hall–Kier alpha value is -3.36. The SMILES string of the molecule is OC(CNc1ccccn1)COc1ccc(OCC(O)CNc2ccccn2)cc1. The third-order valence-corrected chi connectivity index (χ3v) is 4.08. The van der Waals surface area contributed by atoms with E-state index in [9.17, 15) is 10.2 Å². The van der Waals surface area contributed by atoms with Crippen molar-refractivity contribution in [3.8, 4) is 11.5 Å². The zero-order valence-corrected chi connectivity index (χ0v) is 16.5. The van der Waals surface area contributed by atoms with Crippen LogP contribution >= 0.6 is 0 Å². The summed E-state index contributed by atoms with van der Waals surface area (Å²) in [7, 11) is 0. The summed E-state index contributed by atoms with van der Waals surface area (Å²) < 4.78 is 11.2. The van der Waals surface area contributed by atoms with Crippen molar-refractivity contribution >= 4 is 11.6 Å². The molecule has 0 fully saturated rings. The molecule has 2 aromatic heterocycles. The Morgan fingerprint density at radius 3 is 1.47 bits per heavy atom. The van der Waals surface area contributed by atoms with Crippen LogP contribution in [0.25, 0.3) is 0 Å². The highest BCUT2D eigenvalue weighted by atomic mass is 16.5. The number of rotatable bonds is 12. The highest BCUT2D eigenvalue weighted by molar-refractivity contribution is 5.34. The van der Waals surface area contributed by atoms with Gasteiger partial charge < -0.3 is 30.3 Å². The number of hydrogen-bond donors (Lipinski definition) is 4. The van der Waals surface area contributed by atoms with Crippen molar-refractivity contribution in [3.05, 3.63) is 73.1 Å². The molecule has 2 atom stereocenters. The molecule has 0 aliphatic rings. The molecule has 0 saturated heterocycles. The third-order valence-electron chi connectivity index (χ3n) is 4.08. The first-order chi connectivity index (χ1) is 14.7. The maximum absolute atomic E-state index is 10.0. The average molecular weight is 410 g/mol. The Morgan fingerprint density at radius 1 is 0.667 bits per heavy atom. The summed E-state index contributed by atoms with van der Waals surface area (Å²) in [6, 6.07) is 18.1. The van der Waals surface area contributed by atoms with E-state index in [-0.39, 0.29) is 13.2 Å². The number of hydrogen-bond acceptors (Lipinski definition) is 8. The van der Waals surface area contributed by atoms with E-state index in [4.69, 9.17) is 9.47 Å². The van der Waals surface area contributed by atoms with Crippen molar-refractivity contribution in [2.45, 2.75) is 12.2 Å². The largest absolute Gasteiger partial charge is 0.491 e. The average Bonchev–Trinajstić information content (AvgIpc) is 2.80. The summed E-state index contributed by atoms with van der Waals surface area (Å²) in [6.45, 7) is 0.973. The topological polar surface area (TPSA) is 109 Å². The fourth-order valence-corrected chi connectivity index (χ4v) is 2.51. The number of aromatic nitrogens is 2. The second kappa shape index (κ2) is 11.6. The maximum Gasteiger partial charge on any atom is 0.125 e. The summed E-state index contributed by atoms with van der Waals surface area (Å²) in [6.07, 6.45) is 2.02. The van der Waals surface area contributed by atoms with Crippen molar-refractivity contribution in [2.75, 3.05) is 36.9 Å². The predicted molar refractivity (Wildman–Crippen MR) is 115 cm³/mol. The lowest BCUT2D eigenvalue weighted by Gasteiger charge is -2.15. The van der Waals surface area contributed by atoms with E-state index in [0.717, 1.165) is 0 Å². The molecule has 3 rings (SSSR count). The van der Waals surface area contributed by atoms with Gasteiger partial charge in [-0.2, -0.15) is 0 Å². The van der Waals surface area contributed by atoms with Crippen LogP contribution in [0.5, 0.6) is 11.5 Å². The van der Waals surface area contributed by atoms with Gasteiger partial charge in [0.05, 0.1) is 0 Å². The molecular formula is C22H26N4O4. The van der Waals surface area contributed by atoms with Crippen LogP contribution in [0.3, 0.4) is 0 Å². The van der Waals surface area contributed by atoms with E-state index in [1.807, 2.05) is 36.4 Å². The minimum atomic E-state index is -0.676. The lowest BCUT2D eigenvalue weighted by Crippen LogP contribution is -2.26. The van der Waals surface area contributed by atoms with Crippen LogP contribution in [0.1, 0.15) is 0 Å². The van der Waals surface area contributed by atoms with Gasteiger partial charge in [-0.3, -0.25) is 0 Å². The number of aliphatic hydroxyl groups is 2. The molecule has 3 aromatic rings. The highest BCUT2D eigenvalue weighted by Crippen LogP contribution is 2.18. The van der Waals surface area contributed by atoms with Gasteiger partial charge in [0.2, 0.25) is 0 Å². The van der Waals surface area contributed by atoms with E-state index >= 15 is 0 Å². The monoisotopic (exact) mass is 410 g/mol. The molecule has 30 heavy (non-hydrogen) atoms. The lowest BCUT2D eigenvalue weighted by atomic mass is 10.3. The molecule has 0 spiro atoms. The van der Waals surface area contributed by atoms with Crippen LogP contribution in [0.2, 0.25) is 0 Å². The van der Waals surface area contributed by atoms with E-state index in [1.165, 1.54) is 0 Å². The van der Waals surface area contributed by atoms with Crippen LogP contribution in [0, 0.1) is 0 Å².